The number of piperidine rings is 1. The van der Waals surface area contributed by atoms with E-state index < -0.39 is 6.36 Å². The fourth-order valence-corrected chi connectivity index (χ4v) is 5.09. The zero-order valence-electron chi connectivity index (χ0n) is 22.6. The molecule has 0 atom stereocenters. The first-order valence-corrected chi connectivity index (χ1v) is 13.1. The SMILES string of the molecule is Cc1cc(-c2cn(-c3ccc(OC(F)(F)F)cc3)cn2)nn1Cc1ccnc(N2CCC(C(C)(C)C)CC2)c1. The van der Waals surface area contributed by atoms with Crippen molar-refractivity contribution in [3.8, 4) is 22.8 Å². The van der Waals surface area contributed by atoms with Gasteiger partial charge in [0.15, 0.2) is 0 Å². The highest BCUT2D eigenvalue weighted by molar-refractivity contribution is 5.55. The van der Waals surface area contributed by atoms with Crippen LogP contribution in [0.3, 0.4) is 0 Å². The van der Waals surface area contributed by atoms with Crippen molar-refractivity contribution in [1.29, 1.82) is 0 Å². The van der Waals surface area contributed by atoms with E-state index in [1.54, 1.807) is 29.2 Å². The molecule has 0 radical (unpaired) electrons. The van der Waals surface area contributed by atoms with Gasteiger partial charge in [-0.05, 0) is 79.1 Å². The number of pyridine rings is 1. The van der Waals surface area contributed by atoms with Gasteiger partial charge < -0.3 is 14.2 Å². The van der Waals surface area contributed by atoms with Crippen molar-refractivity contribution in [2.75, 3.05) is 18.0 Å². The predicted octanol–water partition coefficient (Wildman–Crippen LogP) is 6.65. The predicted molar refractivity (Wildman–Crippen MR) is 144 cm³/mol. The van der Waals surface area contributed by atoms with Crippen molar-refractivity contribution in [3.05, 3.63) is 72.4 Å². The molecule has 0 N–H and O–H groups in total. The molecule has 5 rings (SSSR count). The molecular weight excluding hydrogens is 505 g/mol. The van der Waals surface area contributed by atoms with E-state index in [9.17, 15) is 13.2 Å². The maximum absolute atomic E-state index is 12.4. The van der Waals surface area contributed by atoms with Gasteiger partial charge in [-0.3, -0.25) is 4.68 Å². The summed E-state index contributed by atoms with van der Waals surface area (Å²) in [5.74, 6) is 1.47. The number of anilines is 1. The monoisotopic (exact) mass is 538 g/mol. The number of aryl methyl sites for hydroxylation is 1. The Morgan fingerprint density at radius 1 is 0.949 bits per heavy atom. The topological polar surface area (TPSA) is 61.0 Å². The fourth-order valence-electron chi connectivity index (χ4n) is 5.09. The lowest BCUT2D eigenvalue weighted by Crippen LogP contribution is -2.38. The number of imidazole rings is 1. The number of rotatable bonds is 6. The molecule has 0 amide bonds. The minimum atomic E-state index is -4.72. The van der Waals surface area contributed by atoms with Crippen molar-refractivity contribution in [3.63, 3.8) is 0 Å². The van der Waals surface area contributed by atoms with Crippen LogP contribution >= 0.6 is 0 Å². The molecule has 206 valence electrons. The maximum Gasteiger partial charge on any atom is 0.573 e. The molecule has 3 aromatic heterocycles. The molecule has 39 heavy (non-hydrogen) atoms. The highest BCUT2D eigenvalue weighted by atomic mass is 19.4. The molecule has 0 saturated carbocycles. The van der Waals surface area contributed by atoms with E-state index in [1.807, 2.05) is 29.9 Å². The standard InChI is InChI=1S/C29H33F3N6O/c1-20-15-25(26-18-37(19-34-26)23-5-7-24(8-6-23)39-29(30,31)32)35-38(20)17-21-9-12-33-27(16-21)36-13-10-22(11-14-36)28(2,3)4/h5-9,12,15-16,18-19,22H,10-11,13-14,17H2,1-4H3. The van der Waals surface area contributed by atoms with Crippen LogP contribution in [0.15, 0.2) is 61.2 Å². The van der Waals surface area contributed by atoms with Gasteiger partial charge in [-0.15, -0.1) is 13.2 Å². The third-order valence-electron chi connectivity index (χ3n) is 7.38. The molecular formula is C29H33F3N6O. The first kappa shape index (κ1) is 26.8. The minimum absolute atomic E-state index is 0.269. The summed E-state index contributed by atoms with van der Waals surface area (Å²) < 4.78 is 44.9. The summed E-state index contributed by atoms with van der Waals surface area (Å²) >= 11 is 0. The van der Waals surface area contributed by atoms with Gasteiger partial charge in [0, 0.05) is 36.9 Å². The number of alkyl halides is 3. The van der Waals surface area contributed by atoms with E-state index in [4.69, 9.17) is 5.10 Å². The molecule has 1 aromatic carbocycles. The molecule has 1 fully saturated rings. The Bertz CT molecular complexity index is 1410. The Morgan fingerprint density at radius 3 is 2.33 bits per heavy atom. The third kappa shape index (κ3) is 6.43. The number of aromatic nitrogens is 5. The van der Waals surface area contributed by atoms with Gasteiger partial charge in [0.25, 0.3) is 0 Å². The Labute approximate surface area is 226 Å². The summed E-state index contributed by atoms with van der Waals surface area (Å²) in [5, 5.41) is 4.78. The molecule has 1 aliphatic heterocycles. The van der Waals surface area contributed by atoms with E-state index >= 15 is 0 Å². The van der Waals surface area contributed by atoms with E-state index in [1.165, 1.54) is 25.0 Å². The van der Waals surface area contributed by atoms with Crippen LogP contribution in [-0.2, 0) is 6.54 Å². The maximum atomic E-state index is 12.4. The molecule has 4 aromatic rings. The normalized spacial score (nSPS) is 15.1. The summed E-state index contributed by atoms with van der Waals surface area (Å²) in [4.78, 5) is 11.5. The van der Waals surface area contributed by atoms with Crippen molar-refractivity contribution in [2.45, 2.75) is 53.4 Å². The highest BCUT2D eigenvalue weighted by Crippen LogP contribution is 2.35. The molecule has 0 bridgehead atoms. The molecule has 10 heteroatoms. The smallest absolute Gasteiger partial charge is 0.406 e. The second kappa shape index (κ2) is 10.4. The number of nitrogens with zero attached hydrogens (tertiary/aromatic N) is 6. The Hall–Kier alpha value is -3.82. The number of hydrogen-bond acceptors (Lipinski definition) is 5. The van der Waals surface area contributed by atoms with Gasteiger partial charge in [0.2, 0.25) is 0 Å². The summed E-state index contributed by atoms with van der Waals surface area (Å²) in [5.41, 5.74) is 4.52. The lowest BCUT2D eigenvalue weighted by atomic mass is 9.75. The summed E-state index contributed by atoms with van der Waals surface area (Å²) in [6.07, 6.45) is 2.91. The molecule has 7 nitrogen and oxygen atoms in total. The van der Waals surface area contributed by atoms with Crippen LogP contribution in [-0.4, -0.2) is 43.8 Å². The zero-order valence-corrected chi connectivity index (χ0v) is 22.6. The first-order chi connectivity index (χ1) is 18.4. The van der Waals surface area contributed by atoms with Crippen LogP contribution in [0.5, 0.6) is 5.75 Å². The minimum Gasteiger partial charge on any atom is -0.406 e. The molecule has 0 spiro atoms. The van der Waals surface area contributed by atoms with Gasteiger partial charge in [-0.2, -0.15) is 5.10 Å². The summed E-state index contributed by atoms with van der Waals surface area (Å²) in [6.45, 7) is 11.6. The molecule has 1 aliphatic rings. The highest BCUT2D eigenvalue weighted by Gasteiger charge is 2.31. The largest absolute Gasteiger partial charge is 0.573 e. The Kier molecular flexibility index (Phi) is 7.13. The van der Waals surface area contributed by atoms with Crippen LogP contribution < -0.4 is 9.64 Å². The lowest BCUT2D eigenvalue weighted by molar-refractivity contribution is -0.274. The Balaban J connectivity index is 1.26. The first-order valence-electron chi connectivity index (χ1n) is 13.1. The molecule has 1 saturated heterocycles. The van der Waals surface area contributed by atoms with Crippen LogP contribution in [0.2, 0.25) is 0 Å². The number of halogens is 3. The quantitative estimate of drug-likeness (QED) is 0.275. The van der Waals surface area contributed by atoms with Crippen LogP contribution in [0.1, 0.15) is 44.9 Å². The molecule has 0 aliphatic carbocycles. The second-order valence-electron chi connectivity index (χ2n) is 11.2. The average Bonchev–Trinajstić information content (AvgIpc) is 3.51. The van der Waals surface area contributed by atoms with E-state index in [0.717, 1.165) is 41.8 Å². The summed E-state index contributed by atoms with van der Waals surface area (Å²) in [7, 11) is 0. The van der Waals surface area contributed by atoms with Gasteiger partial charge in [0.1, 0.15) is 23.0 Å². The lowest BCUT2D eigenvalue weighted by Gasteiger charge is -2.39. The van der Waals surface area contributed by atoms with Crippen LogP contribution in [0.25, 0.3) is 17.1 Å². The number of ether oxygens (including phenoxy) is 1. The number of hydrogen-bond donors (Lipinski definition) is 0. The van der Waals surface area contributed by atoms with Crippen molar-refractivity contribution < 1.29 is 17.9 Å². The zero-order chi connectivity index (χ0) is 27.8. The van der Waals surface area contributed by atoms with Crippen molar-refractivity contribution in [1.82, 2.24) is 24.3 Å². The average molecular weight is 539 g/mol. The number of benzene rings is 1. The van der Waals surface area contributed by atoms with Gasteiger partial charge in [0.05, 0.1) is 12.9 Å². The molecule has 0 unspecified atom stereocenters. The van der Waals surface area contributed by atoms with Crippen molar-refractivity contribution >= 4 is 5.82 Å². The van der Waals surface area contributed by atoms with Crippen LogP contribution in [0.4, 0.5) is 19.0 Å². The van der Waals surface area contributed by atoms with E-state index in [2.05, 4.69) is 46.4 Å². The van der Waals surface area contributed by atoms with E-state index in [-0.39, 0.29) is 5.75 Å². The third-order valence-corrected chi connectivity index (χ3v) is 7.38. The molecule has 4 heterocycles. The Morgan fingerprint density at radius 2 is 1.67 bits per heavy atom. The second-order valence-corrected chi connectivity index (χ2v) is 11.2. The van der Waals surface area contributed by atoms with E-state index in [0.29, 0.717) is 23.3 Å². The van der Waals surface area contributed by atoms with Gasteiger partial charge in [-0.1, -0.05) is 20.8 Å². The summed E-state index contributed by atoms with van der Waals surface area (Å²) in [6, 6.07) is 11.8. The van der Waals surface area contributed by atoms with Gasteiger partial charge >= 0.3 is 6.36 Å². The fraction of sp³-hybridized carbons (Fsp3) is 0.414. The van der Waals surface area contributed by atoms with Crippen LogP contribution in [0, 0.1) is 18.3 Å². The van der Waals surface area contributed by atoms with Gasteiger partial charge in [-0.25, -0.2) is 9.97 Å². The van der Waals surface area contributed by atoms with Crippen molar-refractivity contribution in [2.24, 2.45) is 11.3 Å².